The molecule has 0 unspecified atom stereocenters. The number of halogens is 3. The van der Waals surface area contributed by atoms with E-state index in [-0.39, 0.29) is 41.1 Å². The van der Waals surface area contributed by atoms with Crippen molar-refractivity contribution in [1.29, 1.82) is 0 Å². The molecule has 2 aliphatic heterocycles. The van der Waals surface area contributed by atoms with Gasteiger partial charge in [-0.1, -0.05) is 0 Å². The smallest absolute Gasteiger partial charge is 0.389 e. The van der Waals surface area contributed by atoms with E-state index in [9.17, 15) is 26.7 Å². The number of aliphatic hydroxyl groups is 1. The van der Waals surface area contributed by atoms with Crippen LogP contribution in [0.2, 0.25) is 0 Å². The number of anilines is 1. The summed E-state index contributed by atoms with van der Waals surface area (Å²) in [4.78, 5) is 10.5. The first kappa shape index (κ1) is 30.1. The maximum atomic E-state index is 13.8. The van der Waals surface area contributed by atoms with Gasteiger partial charge < -0.3 is 15.2 Å². The van der Waals surface area contributed by atoms with Crippen molar-refractivity contribution in [1.82, 2.24) is 29.0 Å². The molecule has 2 aromatic heterocycles. The molecule has 0 amide bonds. The van der Waals surface area contributed by atoms with Crippen LogP contribution in [0.4, 0.5) is 19.1 Å². The van der Waals surface area contributed by atoms with E-state index < -0.39 is 27.4 Å². The van der Waals surface area contributed by atoms with E-state index in [1.807, 2.05) is 0 Å². The van der Waals surface area contributed by atoms with E-state index in [0.29, 0.717) is 39.0 Å². The van der Waals surface area contributed by atoms with Crippen LogP contribution in [0.5, 0.6) is 0 Å². The number of hydrogen-bond donors (Lipinski definition) is 2. The van der Waals surface area contributed by atoms with E-state index in [2.05, 4.69) is 25.3 Å². The Bertz CT molecular complexity index is 1320. The van der Waals surface area contributed by atoms with Crippen LogP contribution in [0, 0.1) is 0 Å². The van der Waals surface area contributed by atoms with Gasteiger partial charge in [-0.2, -0.15) is 18.3 Å². The molecule has 0 atom stereocenters. The molecule has 2 N–H and O–H groups in total. The van der Waals surface area contributed by atoms with Crippen LogP contribution in [0.15, 0.2) is 18.6 Å². The quantitative estimate of drug-likeness (QED) is 0.423. The molecule has 0 aromatic carbocycles. The maximum absolute atomic E-state index is 13.8. The summed E-state index contributed by atoms with van der Waals surface area (Å²) >= 11 is 0. The van der Waals surface area contributed by atoms with Crippen LogP contribution < -0.4 is 5.32 Å². The molecule has 11 nitrogen and oxygen atoms in total. The third kappa shape index (κ3) is 7.37. The zero-order chi connectivity index (χ0) is 29.5. The van der Waals surface area contributed by atoms with E-state index in [4.69, 9.17) is 4.74 Å². The fourth-order valence-electron chi connectivity index (χ4n) is 5.59. The number of aromatic nitrogens is 4. The number of ether oxygens (including phenoxy) is 1. The molecule has 0 bridgehead atoms. The first-order valence-corrected chi connectivity index (χ1v) is 15.6. The van der Waals surface area contributed by atoms with Crippen LogP contribution in [0.3, 0.4) is 0 Å². The molecule has 15 heteroatoms. The van der Waals surface area contributed by atoms with Crippen molar-refractivity contribution in [2.45, 2.75) is 75.9 Å². The minimum Gasteiger partial charge on any atom is -0.389 e. The largest absolute Gasteiger partial charge is 0.419 e. The average Bonchev–Trinajstić information content (AvgIpc) is 3.51. The average molecular weight is 602 g/mol. The number of alkyl halides is 3. The summed E-state index contributed by atoms with van der Waals surface area (Å²) in [5, 5.41) is 17.2. The Morgan fingerprint density at radius 1 is 1.17 bits per heavy atom. The van der Waals surface area contributed by atoms with Crippen LogP contribution in [0.25, 0.3) is 11.3 Å². The summed E-state index contributed by atoms with van der Waals surface area (Å²) in [6, 6.07) is -0.188. The number of hydrogen-bond acceptors (Lipinski definition) is 9. The van der Waals surface area contributed by atoms with Crippen LogP contribution in [-0.4, -0.2) is 105 Å². The lowest BCUT2D eigenvalue weighted by atomic mass is 10.1. The second-order valence-corrected chi connectivity index (χ2v) is 14.0. The van der Waals surface area contributed by atoms with Crippen molar-refractivity contribution < 1.29 is 31.4 Å². The molecule has 1 saturated carbocycles. The van der Waals surface area contributed by atoms with Gasteiger partial charge in [-0.3, -0.25) is 9.58 Å². The summed E-state index contributed by atoms with van der Waals surface area (Å²) < 4.78 is 75.7. The minimum absolute atomic E-state index is 0.0315. The summed E-state index contributed by atoms with van der Waals surface area (Å²) in [7, 11) is -3.41. The number of piperidine rings is 1. The lowest BCUT2D eigenvalue weighted by Gasteiger charge is -2.36. The fourth-order valence-corrected chi connectivity index (χ4v) is 7.11. The fraction of sp³-hybridized carbons (Fsp3) is 0.731. The Hall–Kier alpha value is -2.33. The standard InChI is InChI=1S/C26H38F3N7O4S/c1-24(2,37)17-35-16-19(14-31-35)22-21(26(27,28)29)15-30-23(33-22)32-20-4-9-36(10-5-20)41(38,39)13-3-8-34-11-12-40-18-25(34)6-7-25/h14-16,20,37H,3-13,17-18H2,1-2H3,(H,30,32,33). The van der Waals surface area contributed by atoms with Gasteiger partial charge in [0.25, 0.3) is 0 Å². The van der Waals surface area contributed by atoms with Crippen molar-refractivity contribution in [3.63, 3.8) is 0 Å². The molecule has 1 spiro atoms. The lowest BCUT2D eigenvalue weighted by molar-refractivity contribution is -0.137. The Balaban J connectivity index is 1.18. The summed E-state index contributed by atoms with van der Waals surface area (Å²) in [5.41, 5.74) is -2.12. The van der Waals surface area contributed by atoms with Crippen molar-refractivity contribution in [2.75, 3.05) is 50.5 Å². The van der Waals surface area contributed by atoms with Crippen molar-refractivity contribution >= 4 is 16.0 Å². The Morgan fingerprint density at radius 3 is 2.56 bits per heavy atom. The minimum atomic E-state index is -4.67. The predicted octanol–water partition coefficient (Wildman–Crippen LogP) is 2.59. The molecule has 41 heavy (non-hydrogen) atoms. The Labute approximate surface area is 238 Å². The number of nitrogens with one attached hydrogen (secondary N) is 1. The highest BCUT2D eigenvalue weighted by molar-refractivity contribution is 7.89. The molecule has 5 rings (SSSR count). The van der Waals surface area contributed by atoms with E-state index >= 15 is 0 Å². The second-order valence-electron chi connectivity index (χ2n) is 11.9. The van der Waals surface area contributed by atoms with Gasteiger partial charge in [0.2, 0.25) is 16.0 Å². The molecule has 0 radical (unpaired) electrons. The van der Waals surface area contributed by atoms with Gasteiger partial charge in [0.1, 0.15) is 5.56 Å². The molecular weight excluding hydrogens is 563 g/mol. The SMILES string of the molecule is CC(C)(O)Cn1cc(-c2nc(NC3CCN(S(=O)(=O)CCCN4CCOCC45CC5)CC3)ncc2C(F)(F)F)cn1. The molecule has 3 aliphatic rings. The van der Waals surface area contributed by atoms with Crippen molar-refractivity contribution in [2.24, 2.45) is 0 Å². The van der Waals surface area contributed by atoms with Crippen LogP contribution >= 0.6 is 0 Å². The highest BCUT2D eigenvalue weighted by Gasteiger charge is 2.49. The molecule has 228 valence electrons. The maximum Gasteiger partial charge on any atom is 0.419 e. The van der Waals surface area contributed by atoms with E-state index in [1.165, 1.54) is 21.4 Å². The summed E-state index contributed by atoms with van der Waals surface area (Å²) in [6.45, 7) is 6.89. The van der Waals surface area contributed by atoms with Gasteiger partial charge >= 0.3 is 6.18 Å². The van der Waals surface area contributed by atoms with Gasteiger partial charge in [-0.25, -0.2) is 22.7 Å². The highest BCUT2D eigenvalue weighted by atomic mass is 32.2. The number of sulfonamides is 1. The number of nitrogens with zero attached hydrogens (tertiary/aromatic N) is 6. The zero-order valence-electron chi connectivity index (χ0n) is 23.4. The zero-order valence-corrected chi connectivity index (χ0v) is 24.2. The highest BCUT2D eigenvalue weighted by Crippen LogP contribution is 2.43. The van der Waals surface area contributed by atoms with Crippen LogP contribution in [0.1, 0.15) is 51.5 Å². The topological polar surface area (TPSA) is 126 Å². The third-order valence-corrected chi connectivity index (χ3v) is 9.89. The molecular formula is C26H38F3N7O4S. The molecule has 2 aromatic rings. The molecule has 4 heterocycles. The molecule has 3 fully saturated rings. The van der Waals surface area contributed by atoms with E-state index in [1.54, 1.807) is 13.8 Å². The van der Waals surface area contributed by atoms with E-state index in [0.717, 1.165) is 38.7 Å². The van der Waals surface area contributed by atoms with Crippen molar-refractivity contribution in [3.8, 4) is 11.3 Å². The van der Waals surface area contributed by atoms with Gasteiger partial charge in [-0.15, -0.1) is 0 Å². The second kappa shape index (κ2) is 11.4. The Morgan fingerprint density at radius 2 is 1.90 bits per heavy atom. The molecule has 2 saturated heterocycles. The van der Waals surface area contributed by atoms with Gasteiger partial charge in [0.15, 0.2) is 0 Å². The summed E-state index contributed by atoms with van der Waals surface area (Å²) in [6.07, 6.45) is 2.50. The first-order chi connectivity index (χ1) is 19.2. The summed E-state index contributed by atoms with van der Waals surface area (Å²) in [5.74, 6) is 0.120. The number of rotatable bonds is 10. The lowest BCUT2D eigenvalue weighted by Crippen LogP contribution is -2.48. The third-order valence-electron chi connectivity index (χ3n) is 7.93. The van der Waals surface area contributed by atoms with Gasteiger partial charge in [-0.05, 0) is 52.5 Å². The predicted molar refractivity (Wildman–Crippen MR) is 146 cm³/mol. The Kier molecular flexibility index (Phi) is 8.38. The molecule has 1 aliphatic carbocycles. The van der Waals surface area contributed by atoms with Crippen LogP contribution in [-0.2, 0) is 27.5 Å². The monoisotopic (exact) mass is 601 g/mol. The van der Waals surface area contributed by atoms with Gasteiger partial charge in [0, 0.05) is 49.2 Å². The van der Waals surface area contributed by atoms with Crippen molar-refractivity contribution in [3.05, 3.63) is 24.2 Å². The number of morpholine rings is 1. The first-order valence-electron chi connectivity index (χ1n) is 14.0. The normalized spacial score (nSPS) is 20.9. The van der Waals surface area contributed by atoms with Gasteiger partial charge in [0.05, 0.1) is 43.0 Å².